The summed E-state index contributed by atoms with van der Waals surface area (Å²) in [6.45, 7) is 0. The molecular weight excluding hydrogens is 206 g/mol. The maximum absolute atomic E-state index is 5.85. The predicted octanol–water partition coefficient (Wildman–Crippen LogP) is 2.02. The number of aromatic nitrogens is 2. The van der Waals surface area contributed by atoms with Gasteiger partial charge >= 0.3 is 0 Å². The summed E-state index contributed by atoms with van der Waals surface area (Å²) in [6, 6.07) is 9.88. The largest absolute Gasteiger partial charge is 0.383 e. The van der Waals surface area contributed by atoms with E-state index in [4.69, 9.17) is 18.0 Å². The fraction of sp³-hybridized carbons (Fsp3) is 0.0909. The lowest BCUT2D eigenvalue weighted by atomic mass is 10.1. The summed E-state index contributed by atoms with van der Waals surface area (Å²) in [5.41, 5.74) is 8.54. The van der Waals surface area contributed by atoms with Crippen LogP contribution in [0.15, 0.2) is 30.3 Å². The molecule has 15 heavy (non-hydrogen) atoms. The van der Waals surface area contributed by atoms with E-state index in [0.717, 1.165) is 16.8 Å². The van der Waals surface area contributed by atoms with Crippen LogP contribution >= 0.6 is 12.2 Å². The maximum Gasteiger partial charge on any atom is 0.130 e. The van der Waals surface area contributed by atoms with Crippen molar-refractivity contribution in [1.82, 2.24) is 9.78 Å². The number of nitrogens with zero attached hydrogens (tertiary/aromatic N) is 2. The summed E-state index contributed by atoms with van der Waals surface area (Å²) < 4.78 is 1.64. The van der Waals surface area contributed by atoms with Gasteiger partial charge in [0.25, 0.3) is 0 Å². The molecule has 0 atom stereocenters. The van der Waals surface area contributed by atoms with E-state index < -0.39 is 0 Å². The van der Waals surface area contributed by atoms with Crippen LogP contribution < -0.4 is 5.73 Å². The Kier molecular flexibility index (Phi) is 2.51. The minimum atomic E-state index is 0.601. The summed E-state index contributed by atoms with van der Waals surface area (Å²) in [6.07, 6.45) is 0. The van der Waals surface area contributed by atoms with Gasteiger partial charge in [0.05, 0.1) is 5.56 Å². The highest BCUT2D eigenvalue weighted by Gasteiger charge is 2.12. The molecule has 0 saturated carbocycles. The zero-order chi connectivity index (χ0) is 10.8. The topological polar surface area (TPSA) is 43.8 Å². The van der Waals surface area contributed by atoms with Crippen LogP contribution in [0.2, 0.25) is 0 Å². The molecule has 0 aliphatic carbocycles. The molecular formula is C11H11N3S. The third-order valence-electron chi connectivity index (χ3n) is 2.29. The molecule has 0 spiro atoms. The minimum absolute atomic E-state index is 0.601. The van der Waals surface area contributed by atoms with Crippen LogP contribution in [0.25, 0.3) is 11.3 Å². The van der Waals surface area contributed by atoms with Crippen molar-refractivity contribution >= 4 is 23.4 Å². The van der Waals surface area contributed by atoms with Crippen LogP contribution in [0.3, 0.4) is 0 Å². The van der Waals surface area contributed by atoms with Crippen LogP contribution in [-0.4, -0.2) is 15.1 Å². The molecule has 1 heterocycles. The van der Waals surface area contributed by atoms with Gasteiger partial charge in [0.2, 0.25) is 0 Å². The van der Waals surface area contributed by atoms with E-state index in [1.54, 1.807) is 10.0 Å². The van der Waals surface area contributed by atoms with E-state index in [0.29, 0.717) is 5.82 Å². The number of nitrogen functional groups attached to an aromatic ring is 1. The number of aryl methyl sites for hydroxylation is 1. The van der Waals surface area contributed by atoms with Crippen molar-refractivity contribution in [2.45, 2.75) is 0 Å². The fourth-order valence-corrected chi connectivity index (χ4v) is 1.71. The smallest absolute Gasteiger partial charge is 0.130 e. The standard InChI is InChI=1S/C11H11N3S/c1-14-11(12)9(7-15)10(13-14)8-5-3-2-4-6-8/h2-7H,12H2,1H3. The predicted molar refractivity (Wildman–Crippen MR) is 65.8 cm³/mol. The van der Waals surface area contributed by atoms with Gasteiger partial charge in [-0.25, -0.2) is 0 Å². The first-order chi connectivity index (χ1) is 7.24. The van der Waals surface area contributed by atoms with E-state index in [2.05, 4.69) is 5.10 Å². The van der Waals surface area contributed by atoms with Gasteiger partial charge in [-0.3, -0.25) is 4.68 Å². The van der Waals surface area contributed by atoms with Gasteiger partial charge in [-0.15, -0.1) is 0 Å². The van der Waals surface area contributed by atoms with Crippen LogP contribution in [0.4, 0.5) is 5.82 Å². The van der Waals surface area contributed by atoms with Crippen molar-refractivity contribution in [1.29, 1.82) is 0 Å². The fourth-order valence-electron chi connectivity index (χ4n) is 1.48. The van der Waals surface area contributed by atoms with E-state index in [9.17, 15) is 0 Å². The van der Waals surface area contributed by atoms with E-state index in [1.807, 2.05) is 37.4 Å². The Hall–Kier alpha value is -1.68. The van der Waals surface area contributed by atoms with Gasteiger partial charge in [0.1, 0.15) is 11.5 Å². The van der Waals surface area contributed by atoms with E-state index in [-0.39, 0.29) is 0 Å². The second-order valence-corrected chi connectivity index (χ2v) is 3.49. The van der Waals surface area contributed by atoms with Crippen molar-refractivity contribution < 1.29 is 0 Å². The van der Waals surface area contributed by atoms with Crippen LogP contribution in [0, 0.1) is 0 Å². The van der Waals surface area contributed by atoms with Gasteiger partial charge < -0.3 is 5.73 Å². The highest BCUT2D eigenvalue weighted by Crippen LogP contribution is 2.24. The number of rotatable bonds is 2. The molecule has 0 radical (unpaired) electrons. The Bertz CT molecular complexity index is 488. The van der Waals surface area contributed by atoms with Gasteiger partial charge in [-0.2, -0.15) is 5.10 Å². The van der Waals surface area contributed by atoms with E-state index in [1.165, 1.54) is 0 Å². The summed E-state index contributed by atoms with van der Waals surface area (Å²) in [4.78, 5) is 0. The van der Waals surface area contributed by atoms with Crippen molar-refractivity contribution in [2.24, 2.45) is 7.05 Å². The summed E-state index contributed by atoms with van der Waals surface area (Å²) >= 11 is 4.95. The summed E-state index contributed by atoms with van der Waals surface area (Å²) in [7, 11) is 1.81. The lowest BCUT2D eigenvalue weighted by molar-refractivity contribution is 0.782. The third kappa shape index (κ3) is 1.64. The second kappa shape index (κ2) is 3.82. The zero-order valence-electron chi connectivity index (χ0n) is 8.34. The van der Waals surface area contributed by atoms with Gasteiger partial charge in [-0.1, -0.05) is 42.5 Å². The highest BCUT2D eigenvalue weighted by atomic mass is 32.1. The summed E-state index contributed by atoms with van der Waals surface area (Å²) in [5.74, 6) is 0.601. The molecule has 76 valence electrons. The van der Waals surface area contributed by atoms with Crippen LogP contribution in [0.1, 0.15) is 5.56 Å². The Morgan fingerprint density at radius 1 is 1.33 bits per heavy atom. The van der Waals surface area contributed by atoms with Crippen molar-refractivity contribution in [3.05, 3.63) is 35.9 Å². The number of thiocarbonyl (C=S) groups is 1. The third-order valence-corrected chi connectivity index (χ3v) is 2.53. The Morgan fingerprint density at radius 3 is 2.60 bits per heavy atom. The molecule has 2 aromatic rings. The van der Waals surface area contributed by atoms with Crippen LogP contribution in [-0.2, 0) is 7.05 Å². The van der Waals surface area contributed by atoms with Gasteiger partial charge in [0.15, 0.2) is 0 Å². The number of hydrogen-bond donors (Lipinski definition) is 1. The average molecular weight is 217 g/mol. The first kappa shape index (κ1) is 9.86. The molecule has 0 unspecified atom stereocenters. The molecule has 0 saturated heterocycles. The average Bonchev–Trinajstić information content (AvgIpc) is 2.56. The normalized spacial score (nSPS) is 10.2. The minimum Gasteiger partial charge on any atom is -0.383 e. The number of hydrogen-bond acceptors (Lipinski definition) is 3. The first-order valence-corrected chi connectivity index (χ1v) is 5.04. The Morgan fingerprint density at radius 2 is 2.00 bits per heavy atom. The molecule has 1 aromatic carbocycles. The highest BCUT2D eigenvalue weighted by molar-refractivity contribution is 7.79. The number of nitrogens with two attached hydrogens (primary N) is 1. The number of benzene rings is 1. The van der Waals surface area contributed by atoms with E-state index >= 15 is 0 Å². The second-order valence-electron chi connectivity index (χ2n) is 3.26. The molecule has 2 N–H and O–H groups in total. The van der Waals surface area contributed by atoms with Crippen LogP contribution in [0.5, 0.6) is 0 Å². The molecule has 0 aliphatic heterocycles. The van der Waals surface area contributed by atoms with Crippen molar-refractivity contribution in [3.8, 4) is 11.3 Å². The molecule has 0 bridgehead atoms. The van der Waals surface area contributed by atoms with Gasteiger partial charge in [-0.05, 0) is 0 Å². The quantitative estimate of drug-likeness (QED) is 0.783. The molecule has 1 aromatic heterocycles. The monoisotopic (exact) mass is 217 g/mol. The summed E-state index contributed by atoms with van der Waals surface area (Å²) in [5, 5.41) is 5.92. The SMILES string of the molecule is Cn1nc(-c2ccccc2)c(C=S)c1N. The molecule has 0 fully saturated rings. The Balaban J connectivity index is 2.63. The van der Waals surface area contributed by atoms with Gasteiger partial charge in [0, 0.05) is 18.0 Å². The molecule has 3 nitrogen and oxygen atoms in total. The maximum atomic E-state index is 5.85. The lowest BCUT2D eigenvalue weighted by Gasteiger charge is -1.96. The molecule has 0 amide bonds. The molecule has 0 aliphatic rings. The first-order valence-electron chi connectivity index (χ1n) is 4.57. The lowest BCUT2D eigenvalue weighted by Crippen LogP contribution is -1.98. The van der Waals surface area contributed by atoms with Crippen molar-refractivity contribution in [2.75, 3.05) is 5.73 Å². The zero-order valence-corrected chi connectivity index (χ0v) is 9.16. The molecule has 4 heteroatoms. The molecule has 2 rings (SSSR count). The van der Waals surface area contributed by atoms with Crippen molar-refractivity contribution in [3.63, 3.8) is 0 Å². The Labute approximate surface area is 93.5 Å². The number of anilines is 1.